The number of alkyl halides is 2. The quantitative estimate of drug-likeness (QED) is 0.525. The number of halogens is 2. The summed E-state index contributed by atoms with van der Waals surface area (Å²) in [7, 11) is -4.34. The topological polar surface area (TPSA) is 55.8 Å². The van der Waals surface area contributed by atoms with Gasteiger partial charge in [0.25, 0.3) is 6.43 Å². The van der Waals surface area contributed by atoms with Crippen LogP contribution >= 0.6 is 7.82 Å². The fraction of sp³-hybridized carbons (Fsp3) is 0.500. The predicted molar refractivity (Wildman–Crippen MR) is 33.1 cm³/mol. The number of phosphoric ester groups is 1. The first-order valence-electron chi connectivity index (χ1n) is 2.53. The van der Waals surface area contributed by atoms with Crippen molar-refractivity contribution in [1.82, 2.24) is 0 Å². The summed E-state index contributed by atoms with van der Waals surface area (Å²) < 4.78 is 40.9. The van der Waals surface area contributed by atoms with Crippen LogP contribution in [0.2, 0.25) is 0 Å². The van der Waals surface area contributed by atoms with Crippen LogP contribution in [0.3, 0.4) is 0 Å². The molecule has 11 heavy (non-hydrogen) atoms. The van der Waals surface area contributed by atoms with Gasteiger partial charge in [0, 0.05) is 0 Å². The van der Waals surface area contributed by atoms with Gasteiger partial charge in [-0.3, -0.25) is 9.42 Å². The predicted octanol–water partition coefficient (Wildman–Crippen LogP) is 1.53. The molecule has 0 radical (unpaired) electrons. The number of rotatable bonds is 5. The molecule has 0 saturated heterocycles. The smallest absolute Gasteiger partial charge is 0.413 e. The summed E-state index contributed by atoms with van der Waals surface area (Å²) in [5.41, 5.74) is 0. The van der Waals surface area contributed by atoms with Gasteiger partial charge in [-0.1, -0.05) is 6.58 Å². The standard InChI is InChI=1S/C4H7F2O4P/c1-2-9-11(7,8)10-3-4(5)6/h2,4H,1,3H2,(H,7,8). The summed E-state index contributed by atoms with van der Waals surface area (Å²) in [5, 5.41) is 0. The largest absolute Gasteiger partial charge is 0.527 e. The van der Waals surface area contributed by atoms with E-state index < -0.39 is 20.9 Å². The molecule has 0 fully saturated rings. The van der Waals surface area contributed by atoms with Gasteiger partial charge in [-0.25, -0.2) is 13.3 Å². The molecule has 0 amide bonds. The molecule has 66 valence electrons. The SMILES string of the molecule is C=COP(=O)(O)OCC(F)F. The zero-order valence-electron chi connectivity index (χ0n) is 5.44. The van der Waals surface area contributed by atoms with Gasteiger partial charge in [0.1, 0.15) is 6.61 Å². The number of hydrogen-bond donors (Lipinski definition) is 1. The van der Waals surface area contributed by atoms with Crippen molar-refractivity contribution in [3.63, 3.8) is 0 Å². The number of hydrogen-bond acceptors (Lipinski definition) is 3. The lowest BCUT2D eigenvalue weighted by atomic mass is 10.8. The Labute approximate surface area is 62.0 Å². The maximum absolute atomic E-state index is 11.4. The summed E-state index contributed by atoms with van der Waals surface area (Å²) in [6, 6.07) is 0. The first-order chi connectivity index (χ1) is 4.98. The second-order valence-corrected chi connectivity index (χ2v) is 2.83. The molecule has 0 saturated carbocycles. The molecule has 0 spiro atoms. The maximum atomic E-state index is 11.4. The van der Waals surface area contributed by atoms with Crippen molar-refractivity contribution in [2.75, 3.05) is 6.61 Å². The average Bonchev–Trinajstić information content (AvgIpc) is 1.84. The lowest BCUT2D eigenvalue weighted by Gasteiger charge is -2.08. The van der Waals surface area contributed by atoms with Gasteiger partial charge < -0.3 is 4.52 Å². The average molecular weight is 188 g/mol. The highest BCUT2D eigenvalue weighted by molar-refractivity contribution is 7.47. The molecule has 4 nitrogen and oxygen atoms in total. The highest BCUT2D eigenvalue weighted by Crippen LogP contribution is 2.43. The van der Waals surface area contributed by atoms with Crippen molar-refractivity contribution in [3.05, 3.63) is 12.8 Å². The van der Waals surface area contributed by atoms with E-state index in [9.17, 15) is 13.3 Å². The van der Waals surface area contributed by atoms with Crippen molar-refractivity contribution in [2.45, 2.75) is 6.43 Å². The minimum atomic E-state index is -4.34. The van der Waals surface area contributed by atoms with Gasteiger partial charge in [-0.15, -0.1) is 0 Å². The van der Waals surface area contributed by atoms with Gasteiger partial charge >= 0.3 is 7.82 Å². The molecule has 0 rings (SSSR count). The van der Waals surface area contributed by atoms with Crippen LogP contribution < -0.4 is 0 Å². The van der Waals surface area contributed by atoms with Crippen molar-refractivity contribution in [3.8, 4) is 0 Å². The molecule has 1 unspecified atom stereocenters. The lowest BCUT2D eigenvalue weighted by Crippen LogP contribution is -2.02. The Bertz CT molecular complexity index is 171. The minimum absolute atomic E-state index is 0.645. The van der Waals surface area contributed by atoms with Crippen LogP contribution in [0.5, 0.6) is 0 Å². The van der Waals surface area contributed by atoms with Crippen LogP contribution in [0, 0.1) is 0 Å². The van der Waals surface area contributed by atoms with Crippen LogP contribution in [0.4, 0.5) is 8.78 Å². The Hall–Kier alpha value is -0.450. The third-order valence-corrected chi connectivity index (χ3v) is 1.46. The maximum Gasteiger partial charge on any atom is 0.527 e. The summed E-state index contributed by atoms with van der Waals surface area (Å²) in [5.74, 6) is 0. The summed E-state index contributed by atoms with van der Waals surface area (Å²) in [4.78, 5) is 8.47. The van der Waals surface area contributed by atoms with Crippen LogP contribution in [0.25, 0.3) is 0 Å². The van der Waals surface area contributed by atoms with Gasteiger partial charge in [0.05, 0.1) is 6.26 Å². The van der Waals surface area contributed by atoms with Gasteiger partial charge in [0.15, 0.2) is 0 Å². The second kappa shape index (κ2) is 4.43. The van der Waals surface area contributed by atoms with E-state index in [1.807, 2.05) is 0 Å². The molecule has 0 aliphatic rings. The Morgan fingerprint density at radius 1 is 1.73 bits per heavy atom. The molecule has 0 bridgehead atoms. The molecule has 1 atom stereocenters. The Morgan fingerprint density at radius 2 is 2.27 bits per heavy atom. The van der Waals surface area contributed by atoms with Crippen LogP contribution in [0.15, 0.2) is 12.8 Å². The van der Waals surface area contributed by atoms with E-state index in [1.54, 1.807) is 0 Å². The van der Waals surface area contributed by atoms with E-state index in [2.05, 4.69) is 15.6 Å². The third-order valence-electron chi connectivity index (χ3n) is 0.571. The highest BCUT2D eigenvalue weighted by Gasteiger charge is 2.22. The fourth-order valence-corrected chi connectivity index (χ4v) is 0.825. The fourth-order valence-electron chi connectivity index (χ4n) is 0.275. The molecular formula is C4H7F2O4P. The van der Waals surface area contributed by atoms with Crippen molar-refractivity contribution < 1.29 is 27.3 Å². The van der Waals surface area contributed by atoms with Gasteiger partial charge in [-0.05, 0) is 0 Å². The van der Waals surface area contributed by atoms with E-state index in [0.717, 1.165) is 0 Å². The lowest BCUT2D eigenvalue weighted by molar-refractivity contribution is 0.0616. The normalized spacial score (nSPS) is 16.0. The molecule has 0 aromatic rings. The molecule has 0 aromatic heterocycles. The van der Waals surface area contributed by atoms with E-state index in [4.69, 9.17) is 4.89 Å². The number of phosphoric acid groups is 1. The summed E-state index contributed by atoms with van der Waals surface area (Å²) in [6.07, 6.45) is -2.16. The van der Waals surface area contributed by atoms with E-state index in [-0.39, 0.29) is 0 Å². The first kappa shape index (κ1) is 10.6. The Morgan fingerprint density at radius 3 is 2.64 bits per heavy atom. The molecule has 0 heterocycles. The third kappa shape index (κ3) is 5.97. The highest BCUT2D eigenvalue weighted by atomic mass is 31.2. The van der Waals surface area contributed by atoms with Crippen LogP contribution in [0.1, 0.15) is 0 Å². The van der Waals surface area contributed by atoms with Crippen molar-refractivity contribution in [2.24, 2.45) is 0 Å². The van der Waals surface area contributed by atoms with Gasteiger partial charge in [-0.2, -0.15) is 0 Å². The molecule has 7 heteroatoms. The Balaban J connectivity index is 3.73. The molecule has 0 aliphatic carbocycles. The second-order valence-electron chi connectivity index (χ2n) is 1.43. The monoisotopic (exact) mass is 188 g/mol. The Kier molecular flexibility index (Phi) is 4.25. The summed E-state index contributed by atoms with van der Waals surface area (Å²) >= 11 is 0. The minimum Gasteiger partial charge on any atom is -0.413 e. The van der Waals surface area contributed by atoms with E-state index in [1.165, 1.54) is 0 Å². The zero-order valence-corrected chi connectivity index (χ0v) is 6.34. The van der Waals surface area contributed by atoms with E-state index >= 15 is 0 Å². The van der Waals surface area contributed by atoms with Crippen LogP contribution in [-0.4, -0.2) is 17.9 Å². The van der Waals surface area contributed by atoms with Crippen molar-refractivity contribution >= 4 is 7.82 Å². The first-order valence-corrected chi connectivity index (χ1v) is 4.02. The molecule has 0 aliphatic heterocycles. The zero-order chi connectivity index (χ0) is 8.91. The summed E-state index contributed by atoms with van der Waals surface area (Å²) in [6.45, 7) is 1.81. The van der Waals surface area contributed by atoms with E-state index in [0.29, 0.717) is 6.26 Å². The molecule has 1 N–H and O–H groups in total. The van der Waals surface area contributed by atoms with Gasteiger partial charge in [0.2, 0.25) is 0 Å². The molecular weight excluding hydrogens is 181 g/mol. The van der Waals surface area contributed by atoms with Crippen molar-refractivity contribution in [1.29, 1.82) is 0 Å². The molecule has 0 aromatic carbocycles. The van der Waals surface area contributed by atoms with Crippen LogP contribution in [-0.2, 0) is 13.6 Å².